The average Bonchev–Trinajstić information content (AvgIpc) is 2.72. The van der Waals surface area contributed by atoms with Gasteiger partial charge in [-0.1, -0.05) is 6.42 Å². The summed E-state index contributed by atoms with van der Waals surface area (Å²) in [5.74, 6) is -0.501. The third-order valence-corrected chi connectivity index (χ3v) is 3.33. The van der Waals surface area contributed by atoms with Crippen LogP contribution >= 0.6 is 0 Å². The van der Waals surface area contributed by atoms with E-state index in [0.29, 0.717) is 11.5 Å². The highest BCUT2D eigenvalue weighted by Crippen LogP contribution is 2.15. The fourth-order valence-corrected chi connectivity index (χ4v) is 2.33. The Balaban J connectivity index is 1.84. The maximum atomic E-state index is 11.1. The minimum Gasteiger partial charge on any atom is -0.477 e. The van der Waals surface area contributed by atoms with Crippen LogP contribution < -0.4 is 5.32 Å². The predicted octanol–water partition coefficient (Wildman–Crippen LogP) is 1.31. The molecule has 1 fully saturated rings. The maximum Gasteiger partial charge on any atom is 0.341 e. The van der Waals surface area contributed by atoms with Gasteiger partial charge in [-0.15, -0.1) is 0 Å². The smallest absolute Gasteiger partial charge is 0.341 e. The van der Waals surface area contributed by atoms with Gasteiger partial charge in [0.25, 0.3) is 0 Å². The molecular formula is C12H20N4O2. The molecule has 1 saturated heterocycles. The lowest BCUT2D eigenvalue weighted by Crippen LogP contribution is -2.33. The summed E-state index contributed by atoms with van der Waals surface area (Å²) in [6, 6.07) is 0. The monoisotopic (exact) mass is 252 g/mol. The minimum absolute atomic E-state index is 0.244. The van der Waals surface area contributed by atoms with Crippen LogP contribution in [-0.4, -0.2) is 52.4 Å². The SMILES string of the molecule is Cc1[nH]nc(NCCN2CCCCC2)c1C(=O)O. The first-order valence-electron chi connectivity index (χ1n) is 6.43. The zero-order valence-corrected chi connectivity index (χ0v) is 10.7. The fourth-order valence-electron chi connectivity index (χ4n) is 2.33. The molecule has 0 atom stereocenters. The molecule has 2 heterocycles. The topological polar surface area (TPSA) is 81.2 Å². The number of likely N-dealkylation sites (tertiary alicyclic amines) is 1. The molecule has 6 nitrogen and oxygen atoms in total. The van der Waals surface area contributed by atoms with Crippen LogP contribution in [0.3, 0.4) is 0 Å². The number of rotatable bonds is 5. The van der Waals surface area contributed by atoms with Gasteiger partial charge in [0.15, 0.2) is 5.82 Å². The van der Waals surface area contributed by atoms with Gasteiger partial charge in [-0.3, -0.25) is 5.10 Å². The Kier molecular flexibility index (Phi) is 4.19. The van der Waals surface area contributed by atoms with Crippen LogP contribution in [0.1, 0.15) is 35.3 Å². The van der Waals surface area contributed by atoms with Crippen LogP contribution in [0.5, 0.6) is 0 Å². The number of nitrogens with one attached hydrogen (secondary N) is 2. The standard InChI is InChI=1S/C12H20N4O2/c1-9-10(12(17)18)11(15-14-9)13-5-8-16-6-3-2-4-7-16/h2-8H2,1H3,(H,17,18)(H2,13,14,15). The number of carboxylic acid groups (broad SMARTS) is 1. The molecule has 0 amide bonds. The van der Waals surface area contributed by atoms with Crippen LogP contribution in [0.2, 0.25) is 0 Å². The van der Waals surface area contributed by atoms with Gasteiger partial charge in [0.1, 0.15) is 5.56 Å². The Labute approximate surface area is 106 Å². The first kappa shape index (κ1) is 12.9. The fraction of sp³-hybridized carbons (Fsp3) is 0.667. The van der Waals surface area contributed by atoms with E-state index in [1.54, 1.807) is 6.92 Å². The van der Waals surface area contributed by atoms with E-state index in [2.05, 4.69) is 20.4 Å². The van der Waals surface area contributed by atoms with Crippen molar-refractivity contribution in [2.24, 2.45) is 0 Å². The number of nitrogens with zero attached hydrogens (tertiary/aromatic N) is 2. The second-order valence-electron chi connectivity index (χ2n) is 4.71. The van der Waals surface area contributed by atoms with E-state index >= 15 is 0 Å². The number of carbonyl (C=O) groups is 1. The average molecular weight is 252 g/mol. The molecule has 18 heavy (non-hydrogen) atoms. The van der Waals surface area contributed by atoms with Gasteiger partial charge in [-0.2, -0.15) is 5.10 Å². The van der Waals surface area contributed by atoms with Crippen molar-refractivity contribution in [1.82, 2.24) is 15.1 Å². The van der Waals surface area contributed by atoms with Crippen LogP contribution in [-0.2, 0) is 0 Å². The van der Waals surface area contributed by atoms with Gasteiger partial charge in [-0.05, 0) is 32.9 Å². The minimum atomic E-state index is -0.943. The van der Waals surface area contributed by atoms with E-state index in [0.717, 1.165) is 26.2 Å². The molecule has 3 N–H and O–H groups in total. The highest BCUT2D eigenvalue weighted by atomic mass is 16.4. The van der Waals surface area contributed by atoms with E-state index in [4.69, 9.17) is 5.11 Å². The Bertz CT molecular complexity index is 410. The van der Waals surface area contributed by atoms with E-state index < -0.39 is 5.97 Å². The Hall–Kier alpha value is -1.56. The number of aromatic amines is 1. The molecule has 1 aliphatic heterocycles. The van der Waals surface area contributed by atoms with Gasteiger partial charge in [0.2, 0.25) is 0 Å². The Morgan fingerprint density at radius 3 is 2.83 bits per heavy atom. The summed E-state index contributed by atoms with van der Waals surface area (Å²) in [5.41, 5.74) is 0.830. The van der Waals surface area contributed by atoms with Gasteiger partial charge < -0.3 is 15.3 Å². The van der Waals surface area contributed by atoms with Crippen LogP contribution in [0.25, 0.3) is 0 Å². The number of anilines is 1. The van der Waals surface area contributed by atoms with Crippen molar-refractivity contribution in [3.63, 3.8) is 0 Å². The second kappa shape index (κ2) is 5.86. The number of piperidine rings is 1. The summed E-state index contributed by atoms with van der Waals surface area (Å²) < 4.78 is 0. The number of aryl methyl sites for hydroxylation is 1. The lowest BCUT2D eigenvalue weighted by molar-refractivity contribution is 0.0697. The second-order valence-corrected chi connectivity index (χ2v) is 4.71. The van der Waals surface area contributed by atoms with Gasteiger partial charge >= 0.3 is 5.97 Å². The molecule has 1 aromatic heterocycles. The van der Waals surface area contributed by atoms with Crippen molar-refractivity contribution in [2.45, 2.75) is 26.2 Å². The molecule has 0 aromatic carbocycles. The van der Waals surface area contributed by atoms with Crippen molar-refractivity contribution < 1.29 is 9.90 Å². The number of carboxylic acids is 1. The van der Waals surface area contributed by atoms with E-state index in [9.17, 15) is 4.79 Å². The van der Waals surface area contributed by atoms with Crippen LogP contribution in [0, 0.1) is 6.92 Å². The van der Waals surface area contributed by atoms with Gasteiger partial charge in [-0.25, -0.2) is 4.79 Å². The number of aromatic carboxylic acids is 1. The quantitative estimate of drug-likeness (QED) is 0.736. The van der Waals surface area contributed by atoms with E-state index in [-0.39, 0.29) is 5.56 Å². The zero-order valence-electron chi connectivity index (χ0n) is 10.7. The molecule has 0 aliphatic carbocycles. The number of hydrogen-bond donors (Lipinski definition) is 3. The molecular weight excluding hydrogens is 232 g/mol. The highest BCUT2D eigenvalue weighted by molar-refractivity contribution is 5.94. The zero-order chi connectivity index (χ0) is 13.0. The molecule has 1 aromatic rings. The maximum absolute atomic E-state index is 11.1. The van der Waals surface area contributed by atoms with E-state index in [1.807, 2.05) is 0 Å². The van der Waals surface area contributed by atoms with Crippen LogP contribution in [0.15, 0.2) is 0 Å². The molecule has 1 aliphatic rings. The number of hydrogen-bond acceptors (Lipinski definition) is 4. The van der Waals surface area contributed by atoms with Crippen molar-refractivity contribution in [2.75, 3.05) is 31.5 Å². The van der Waals surface area contributed by atoms with Crippen molar-refractivity contribution >= 4 is 11.8 Å². The van der Waals surface area contributed by atoms with Crippen LogP contribution in [0.4, 0.5) is 5.82 Å². The summed E-state index contributed by atoms with van der Waals surface area (Å²) >= 11 is 0. The van der Waals surface area contributed by atoms with Crippen molar-refractivity contribution in [3.8, 4) is 0 Å². The van der Waals surface area contributed by atoms with Gasteiger partial charge in [0.05, 0.1) is 0 Å². The van der Waals surface area contributed by atoms with Crippen molar-refractivity contribution in [3.05, 3.63) is 11.3 Å². The lowest BCUT2D eigenvalue weighted by Gasteiger charge is -2.26. The molecule has 6 heteroatoms. The third kappa shape index (κ3) is 3.01. The van der Waals surface area contributed by atoms with Crippen molar-refractivity contribution in [1.29, 1.82) is 0 Å². The molecule has 2 rings (SSSR count). The first-order chi connectivity index (χ1) is 8.68. The summed E-state index contributed by atoms with van der Waals surface area (Å²) in [6.07, 6.45) is 3.86. The molecule has 0 spiro atoms. The summed E-state index contributed by atoms with van der Waals surface area (Å²) in [5, 5.41) is 18.9. The normalized spacial score (nSPS) is 16.7. The predicted molar refractivity (Wildman–Crippen MR) is 69.1 cm³/mol. The molecule has 100 valence electrons. The third-order valence-electron chi connectivity index (χ3n) is 3.33. The largest absolute Gasteiger partial charge is 0.477 e. The van der Waals surface area contributed by atoms with E-state index in [1.165, 1.54) is 19.3 Å². The number of H-pyrrole nitrogens is 1. The molecule has 0 unspecified atom stereocenters. The molecule has 0 saturated carbocycles. The molecule has 0 radical (unpaired) electrons. The first-order valence-corrected chi connectivity index (χ1v) is 6.43. The molecule has 0 bridgehead atoms. The number of aromatic nitrogens is 2. The summed E-state index contributed by atoms with van der Waals surface area (Å²) in [6.45, 7) is 5.67. The highest BCUT2D eigenvalue weighted by Gasteiger charge is 2.17. The van der Waals surface area contributed by atoms with Gasteiger partial charge in [0, 0.05) is 18.8 Å². The Morgan fingerprint density at radius 1 is 1.44 bits per heavy atom. The summed E-state index contributed by atoms with van der Waals surface area (Å²) in [4.78, 5) is 13.5. The summed E-state index contributed by atoms with van der Waals surface area (Å²) in [7, 11) is 0. The Morgan fingerprint density at radius 2 is 2.17 bits per heavy atom. The lowest BCUT2D eigenvalue weighted by atomic mass is 10.1.